The van der Waals surface area contributed by atoms with Gasteiger partial charge in [0.25, 0.3) is 0 Å². The van der Waals surface area contributed by atoms with Gasteiger partial charge in [-0.05, 0) is 13.0 Å². The lowest BCUT2D eigenvalue weighted by Crippen LogP contribution is -2.27. The quantitative estimate of drug-likeness (QED) is 0.894. The third kappa shape index (κ3) is 3.03. The Hall–Kier alpha value is -1.77. The van der Waals surface area contributed by atoms with Crippen LogP contribution in [0.3, 0.4) is 0 Å². The van der Waals surface area contributed by atoms with Crippen molar-refractivity contribution in [1.29, 1.82) is 0 Å². The number of aromatic nitrogens is 1. The molecule has 0 fully saturated rings. The molecular weight excluding hydrogens is 332 g/mol. The smallest absolute Gasteiger partial charge is 0.371 e. The molecule has 9 heteroatoms. The second kappa shape index (κ2) is 5.79. The number of hydrogen-bond donors (Lipinski definition) is 1. The van der Waals surface area contributed by atoms with E-state index in [-0.39, 0.29) is 17.2 Å². The van der Waals surface area contributed by atoms with Gasteiger partial charge in [-0.1, -0.05) is 11.6 Å². The van der Waals surface area contributed by atoms with E-state index >= 15 is 0 Å². The van der Waals surface area contributed by atoms with Crippen LogP contribution >= 0.6 is 11.6 Å². The molecule has 2 aromatic rings. The average Bonchev–Trinajstić information content (AvgIpc) is 2.93. The van der Waals surface area contributed by atoms with Crippen molar-refractivity contribution in [3.8, 4) is 0 Å². The summed E-state index contributed by atoms with van der Waals surface area (Å²) in [5.41, 5.74) is 0.704. The van der Waals surface area contributed by atoms with Crippen LogP contribution in [-0.4, -0.2) is 35.4 Å². The number of hydrogen-bond acceptors (Lipinski definition) is 4. The van der Waals surface area contributed by atoms with Gasteiger partial charge in [0.2, 0.25) is 15.8 Å². The maximum Gasteiger partial charge on any atom is 0.371 e. The Labute approximate surface area is 132 Å². The molecule has 0 saturated heterocycles. The minimum Gasteiger partial charge on any atom is -0.475 e. The number of halogens is 1. The Balaban J connectivity index is 2.33. The van der Waals surface area contributed by atoms with Crippen molar-refractivity contribution in [3.63, 3.8) is 0 Å². The molecular formula is C13H15ClN2O5S. The van der Waals surface area contributed by atoms with Crippen LogP contribution < -0.4 is 0 Å². The van der Waals surface area contributed by atoms with Gasteiger partial charge in [0.05, 0.1) is 11.6 Å². The fraction of sp³-hybridized carbons (Fsp3) is 0.308. The molecule has 2 rings (SSSR count). The van der Waals surface area contributed by atoms with E-state index in [2.05, 4.69) is 0 Å². The Morgan fingerprint density at radius 2 is 2.09 bits per heavy atom. The van der Waals surface area contributed by atoms with Crippen LogP contribution in [0.5, 0.6) is 0 Å². The summed E-state index contributed by atoms with van der Waals surface area (Å²) in [7, 11) is -0.705. The molecule has 0 amide bonds. The monoisotopic (exact) mass is 346 g/mol. The highest BCUT2D eigenvalue weighted by Gasteiger charge is 2.28. The number of aromatic carboxylic acids is 1. The maximum atomic E-state index is 12.5. The van der Waals surface area contributed by atoms with Crippen molar-refractivity contribution in [2.24, 2.45) is 7.05 Å². The van der Waals surface area contributed by atoms with Gasteiger partial charge in [-0.25, -0.2) is 13.2 Å². The number of aryl methyl sites for hydroxylation is 2. The van der Waals surface area contributed by atoms with Crippen molar-refractivity contribution < 1.29 is 22.7 Å². The van der Waals surface area contributed by atoms with Crippen molar-refractivity contribution in [3.05, 3.63) is 40.6 Å². The first-order valence-corrected chi connectivity index (χ1v) is 8.05. The zero-order valence-electron chi connectivity index (χ0n) is 12.2. The van der Waals surface area contributed by atoms with E-state index < -0.39 is 21.8 Å². The number of carboxylic acid groups (broad SMARTS) is 1. The molecule has 0 radical (unpaired) electrons. The average molecular weight is 347 g/mol. The third-order valence-corrected chi connectivity index (χ3v) is 5.35. The molecule has 0 bridgehead atoms. The third-order valence-electron chi connectivity index (χ3n) is 3.23. The van der Waals surface area contributed by atoms with E-state index in [9.17, 15) is 13.2 Å². The molecule has 22 heavy (non-hydrogen) atoms. The van der Waals surface area contributed by atoms with Gasteiger partial charge in [0.15, 0.2) is 0 Å². The SMILES string of the molecule is Cc1oc(C(=O)O)cc1S(=O)(=O)N(C)Cc1cc(Cl)cn1C. The Morgan fingerprint density at radius 3 is 2.55 bits per heavy atom. The Bertz CT molecular complexity index is 822. The van der Waals surface area contributed by atoms with Gasteiger partial charge in [-0.15, -0.1) is 0 Å². The first-order chi connectivity index (χ1) is 10.1. The Morgan fingerprint density at radius 1 is 1.45 bits per heavy atom. The van der Waals surface area contributed by atoms with E-state index in [0.29, 0.717) is 10.7 Å². The van der Waals surface area contributed by atoms with Gasteiger partial charge in [0.1, 0.15) is 10.7 Å². The fourth-order valence-electron chi connectivity index (χ4n) is 2.03. The highest BCUT2D eigenvalue weighted by atomic mass is 35.5. The highest BCUT2D eigenvalue weighted by Crippen LogP contribution is 2.24. The van der Waals surface area contributed by atoms with Crippen LogP contribution in [-0.2, 0) is 23.6 Å². The van der Waals surface area contributed by atoms with Crippen LogP contribution in [0, 0.1) is 6.92 Å². The lowest BCUT2D eigenvalue weighted by Gasteiger charge is -2.16. The van der Waals surface area contributed by atoms with E-state index in [4.69, 9.17) is 21.1 Å². The summed E-state index contributed by atoms with van der Waals surface area (Å²) < 4.78 is 32.9. The second-order valence-electron chi connectivity index (χ2n) is 4.86. The van der Waals surface area contributed by atoms with Crippen LogP contribution in [0.1, 0.15) is 22.0 Å². The van der Waals surface area contributed by atoms with E-state index in [1.54, 1.807) is 23.9 Å². The number of furan rings is 1. The van der Waals surface area contributed by atoms with Crippen LogP contribution in [0.25, 0.3) is 0 Å². The van der Waals surface area contributed by atoms with E-state index in [1.165, 1.54) is 14.0 Å². The number of rotatable bonds is 5. The highest BCUT2D eigenvalue weighted by molar-refractivity contribution is 7.89. The minimum atomic E-state index is -3.87. The molecule has 0 unspecified atom stereocenters. The van der Waals surface area contributed by atoms with Gasteiger partial charge in [-0.2, -0.15) is 4.31 Å². The Kier molecular flexibility index (Phi) is 4.37. The normalized spacial score (nSPS) is 12.0. The molecule has 0 aliphatic heterocycles. The fourth-order valence-corrected chi connectivity index (χ4v) is 3.60. The zero-order chi connectivity index (χ0) is 16.7. The van der Waals surface area contributed by atoms with Crippen molar-refractivity contribution >= 4 is 27.6 Å². The largest absolute Gasteiger partial charge is 0.475 e. The lowest BCUT2D eigenvalue weighted by atomic mass is 10.4. The molecule has 0 aliphatic rings. The first kappa shape index (κ1) is 16.6. The molecule has 0 atom stereocenters. The maximum absolute atomic E-state index is 12.5. The topological polar surface area (TPSA) is 92.7 Å². The van der Waals surface area contributed by atoms with Gasteiger partial charge in [-0.3, -0.25) is 0 Å². The van der Waals surface area contributed by atoms with Gasteiger partial charge < -0.3 is 14.1 Å². The molecule has 120 valence electrons. The summed E-state index contributed by atoms with van der Waals surface area (Å²) in [6, 6.07) is 2.68. The molecule has 2 aromatic heterocycles. The molecule has 0 spiro atoms. The molecule has 7 nitrogen and oxygen atoms in total. The van der Waals surface area contributed by atoms with Crippen molar-refractivity contribution in [2.45, 2.75) is 18.4 Å². The standard InChI is InChI=1S/C13H15ClN2O5S/c1-8-12(5-11(21-8)13(17)18)22(19,20)16(3)7-10-4-9(14)6-15(10)2/h4-6H,7H2,1-3H3,(H,17,18). The second-order valence-corrected chi connectivity index (χ2v) is 7.31. The number of carbonyl (C=O) groups is 1. The molecule has 2 heterocycles. The van der Waals surface area contributed by atoms with Crippen LogP contribution in [0.15, 0.2) is 27.6 Å². The van der Waals surface area contributed by atoms with E-state index in [1.807, 2.05) is 0 Å². The van der Waals surface area contributed by atoms with Crippen LogP contribution in [0.4, 0.5) is 0 Å². The summed E-state index contributed by atoms with van der Waals surface area (Å²) >= 11 is 5.87. The summed E-state index contributed by atoms with van der Waals surface area (Å²) in [4.78, 5) is 10.7. The lowest BCUT2D eigenvalue weighted by molar-refractivity contribution is 0.0661. The van der Waals surface area contributed by atoms with Gasteiger partial charge in [0, 0.05) is 32.1 Å². The summed E-state index contributed by atoms with van der Waals surface area (Å²) in [6.45, 7) is 1.51. The van der Waals surface area contributed by atoms with Crippen LogP contribution in [0.2, 0.25) is 5.02 Å². The van der Waals surface area contributed by atoms with Crippen molar-refractivity contribution in [2.75, 3.05) is 7.05 Å². The first-order valence-electron chi connectivity index (χ1n) is 6.23. The summed E-state index contributed by atoms with van der Waals surface area (Å²) in [5, 5.41) is 9.39. The number of nitrogens with zero attached hydrogens (tertiary/aromatic N) is 2. The zero-order valence-corrected chi connectivity index (χ0v) is 13.8. The van der Waals surface area contributed by atoms with E-state index in [0.717, 1.165) is 10.4 Å². The minimum absolute atomic E-state index is 0.0363. The summed E-state index contributed by atoms with van der Waals surface area (Å²) in [5.74, 6) is -1.69. The molecule has 0 aromatic carbocycles. The van der Waals surface area contributed by atoms with Gasteiger partial charge >= 0.3 is 5.97 Å². The predicted octanol–water partition coefficient (Wildman–Crippen LogP) is 2.10. The molecule has 0 saturated carbocycles. The molecule has 0 aliphatic carbocycles. The predicted molar refractivity (Wildman–Crippen MR) is 79.5 cm³/mol. The van der Waals surface area contributed by atoms with Crippen molar-refractivity contribution in [1.82, 2.24) is 8.87 Å². The molecule has 1 N–H and O–H groups in total. The summed E-state index contributed by atoms with van der Waals surface area (Å²) in [6.07, 6.45) is 1.67. The number of carboxylic acids is 1. The number of sulfonamides is 1.